The molecule has 0 bridgehead atoms. The van der Waals surface area contributed by atoms with Gasteiger partial charge in [-0.25, -0.2) is 0 Å². The average Bonchev–Trinajstić information content (AvgIpc) is 2.29. The van der Waals surface area contributed by atoms with Crippen molar-refractivity contribution in [3.63, 3.8) is 0 Å². The topological polar surface area (TPSA) is 12.9 Å². The number of hydrogen-bond donors (Lipinski definition) is 0. The number of nitrogens with zero attached hydrogens (tertiary/aromatic N) is 1. The van der Waals surface area contributed by atoms with Gasteiger partial charge in [-0.15, -0.1) is 0 Å². The number of aryl methyl sites for hydroxylation is 1. The van der Waals surface area contributed by atoms with Gasteiger partial charge in [0.05, 0.1) is 0 Å². The first-order chi connectivity index (χ1) is 7.98. The van der Waals surface area contributed by atoms with Crippen LogP contribution in [-0.4, -0.2) is 4.98 Å². The standard InChI is InChI=1S/C13H10F3N/c1-9-4-6-10(7-5-9)11-3-2-8-17-12(11)13(14,15)16/h2-8H,1H3. The van der Waals surface area contributed by atoms with Crippen molar-refractivity contribution in [2.75, 3.05) is 0 Å². The van der Waals surface area contributed by atoms with Crippen LogP contribution in [0.15, 0.2) is 42.6 Å². The van der Waals surface area contributed by atoms with Gasteiger partial charge < -0.3 is 0 Å². The fourth-order valence-corrected chi connectivity index (χ4v) is 1.60. The Balaban J connectivity index is 2.56. The molecule has 0 N–H and O–H groups in total. The summed E-state index contributed by atoms with van der Waals surface area (Å²) in [7, 11) is 0. The summed E-state index contributed by atoms with van der Waals surface area (Å²) >= 11 is 0. The van der Waals surface area contributed by atoms with E-state index in [0.29, 0.717) is 5.56 Å². The summed E-state index contributed by atoms with van der Waals surface area (Å²) in [6.45, 7) is 1.89. The highest BCUT2D eigenvalue weighted by Gasteiger charge is 2.35. The maximum absolute atomic E-state index is 12.8. The highest BCUT2D eigenvalue weighted by molar-refractivity contribution is 5.66. The van der Waals surface area contributed by atoms with Gasteiger partial charge in [0.15, 0.2) is 5.69 Å². The fourth-order valence-electron chi connectivity index (χ4n) is 1.60. The van der Waals surface area contributed by atoms with Gasteiger partial charge in [-0.3, -0.25) is 4.98 Å². The molecule has 0 aliphatic rings. The molecule has 2 aromatic rings. The largest absolute Gasteiger partial charge is 0.433 e. The monoisotopic (exact) mass is 237 g/mol. The molecule has 88 valence electrons. The first-order valence-corrected chi connectivity index (χ1v) is 5.08. The second-order valence-electron chi connectivity index (χ2n) is 3.76. The number of pyridine rings is 1. The predicted octanol–water partition coefficient (Wildman–Crippen LogP) is 4.08. The van der Waals surface area contributed by atoms with Crippen LogP contribution in [0.5, 0.6) is 0 Å². The van der Waals surface area contributed by atoms with Gasteiger partial charge >= 0.3 is 6.18 Å². The maximum Gasteiger partial charge on any atom is 0.433 e. The summed E-state index contributed by atoms with van der Waals surface area (Å²) in [6.07, 6.45) is -3.28. The van der Waals surface area contributed by atoms with E-state index in [1.807, 2.05) is 6.92 Å². The highest BCUT2D eigenvalue weighted by atomic mass is 19.4. The molecule has 0 spiro atoms. The summed E-state index contributed by atoms with van der Waals surface area (Å²) in [5.41, 5.74) is 0.797. The molecule has 17 heavy (non-hydrogen) atoms. The Morgan fingerprint density at radius 1 is 1.00 bits per heavy atom. The van der Waals surface area contributed by atoms with Crippen LogP contribution in [0.2, 0.25) is 0 Å². The Hall–Kier alpha value is -1.84. The summed E-state index contributed by atoms with van der Waals surface area (Å²) in [6, 6.07) is 9.83. The maximum atomic E-state index is 12.8. The van der Waals surface area contributed by atoms with Crippen LogP contribution in [0.3, 0.4) is 0 Å². The number of hydrogen-bond acceptors (Lipinski definition) is 1. The van der Waals surface area contributed by atoms with Crippen LogP contribution < -0.4 is 0 Å². The van der Waals surface area contributed by atoms with Gasteiger partial charge in [0.25, 0.3) is 0 Å². The molecule has 0 radical (unpaired) electrons. The smallest absolute Gasteiger partial charge is 0.251 e. The zero-order valence-electron chi connectivity index (χ0n) is 9.12. The quantitative estimate of drug-likeness (QED) is 0.728. The number of alkyl halides is 3. The van der Waals surface area contributed by atoms with E-state index in [2.05, 4.69) is 4.98 Å². The Bertz CT molecular complexity index is 515. The van der Waals surface area contributed by atoms with E-state index in [0.717, 1.165) is 11.8 Å². The molecule has 0 amide bonds. The zero-order valence-corrected chi connectivity index (χ0v) is 9.12. The average molecular weight is 237 g/mol. The van der Waals surface area contributed by atoms with Gasteiger partial charge in [0.1, 0.15) is 0 Å². The van der Waals surface area contributed by atoms with Crippen LogP contribution in [0.25, 0.3) is 11.1 Å². The number of rotatable bonds is 1. The molecule has 0 fully saturated rings. The Morgan fingerprint density at radius 2 is 1.65 bits per heavy atom. The van der Waals surface area contributed by atoms with Gasteiger partial charge in [0.2, 0.25) is 0 Å². The van der Waals surface area contributed by atoms with E-state index in [1.54, 1.807) is 24.3 Å². The summed E-state index contributed by atoms with van der Waals surface area (Å²) in [5.74, 6) is 0. The fraction of sp³-hybridized carbons (Fsp3) is 0.154. The summed E-state index contributed by atoms with van der Waals surface area (Å²) in [5, 5.41) is 0. The minimum absolute atomic E-state index is 0.111. The molecule has 0 unspecified atom stereocenters. The van der Waals surface area contributed by atoms with E-state index in [-0.39, 0.29) is 5.56 Å². The molecule has 1 nitrogen and oxygen atoms in total. The summed E-state index contributed by atoms with van der Waals surface area (Å²) < 4.78 is 38.3. The Kier molecular flexibility index (Phi) is 2.88. The normalized spacial score (nSPS) is 11.5. The third kappa shape index (κ3) is 2.46. The van der Waals surface area contributed by atoms with Crippen LogP contribution in [0, 0.1) is 6.92 Å². The molecule has 4 heteroatoms. The van der Waals surface area contributed by atoms with Crippen molar-refractivity contribution in [3.05, 3.63) is 53.9 Å². The first-order valence-electron chi connectivity index (χ1n) is 5.08. The van der Waals surface area contributed by atoms with Crippen molar-refractivity contribution in [2.45, 2.75) is 13.1 Å². The lowest BCUT2D eigenvalue weighted by Gasteiger charge is -2.11. The van der Waals surface area contributed by atoms with Crippen molar-refractivity contribution < 1.29 is 13.2 Å². The molecule has 1 aromatic carbocycles. The lowest BCUT2D eigenvalue weighted by atomic mass is 10.0. The first kappa shape index (κ1) is 11.6. The number of halogens is 3. The third-order valence-electron chi connectivity index (χ3n) is 2.44. The predicted molar refractivity (Wildman–Crippen MR) is 59.4 cm³/mol. The molecular weight excluding hydrogens is 227 g/mol. The molecule has 1 heterocycles. The molecule has 2 rings (SSSR count). The SMILES string of the molecule is Cc1ccc(-c2cccnc2C(F)(F)F)cc1. The second-order valence-corrected chi connectivity index (χ2v) is 3.76. The molecule has 0 atom stereocenters. The highest BCUT2D eigenvalue weighted by Crippen LogP contribution is 2.35. The van der Waals surface area contributed by atoms with Crippen LogP contribution in [0.4, 0.5) is 13.2 Å². The Labute approximate surface area is 96.9 Å². The minimum atomic E-state index is -4.43. The van der Waals surface area contributed by atoms with E-state index in [1.165, 1.54) is 12.1 Å². The van der Waals surface area contributed by atoms with Gasteiger partial charge in [-0.2, -0.15) is 13.2 Å². The van der Waals surface area contributed by atoms with Crippen molar-refractivity contribution in [1.29, 1.82) is 0 Å². The van der Waals surface area contributed by atoms with Gasteiger partial charge in [-0.1, -0.05) is 35.9 Å². The van der Waals surface area contributed by atoms with E-state index in [4.69, 9.17) is 0 Å². The van der Waals surface area contributed by atoms with Gasteiger partial charge in [-0.05, 0) is 18.6 Å². The molecule has 0 saturated heterocycles. The molecular formula is C13H10F3N. The van der Waals surface area contributed by atoms with Crippen molar-refractivity contribution in [2.24, 2.45) is 0 Å². The number of benzene rings is 1. The van der Waals surface area contributed by atoms with Crippen molar-refractivity contribution in [3.8, 4) is 11.1 Å². The van der Waals surface area contributed by atoms with E-state index >= 15 is 0 Å². The molecule has 0 aliphatic carbocycles. The zero-order chi connectivity index (χ0) is 12.5. The van der Waals surface area contributed by atoms with Crippen molar-refractivity contribution >= 4 is 0 Å². The Morgan fingerprint density at radius 3 is 2.24 bits per heavy atom. The minimum Gasteiger partial charge on any atom is -0.251 e. The summed E-state index contributed by atoms with van der Waals surface area (Å²) in [4.78, 5) is 3.42. The van der Waals surface area contributed by atoms with Crippen LogP contribution >= 0.6 is 0 Å². The second kappa shape index (κ2) is 4.20. The number of aromatic nitrogens is 1. The van der Waals surface area contributed by atoms with Gasteiger partial charge in [0, 0.05) is 11.8 Å². The lowest BCUT2D eigenvalue weighted by Crippen LogP contribution is -2.09. The van der Waals surface area contributed by atoms with E-state index < -0.39 is 11.9 Å². The molecule has 0 saturated carbocycles. The van der Waals surface area contributed by atoms with Crippen LogP contribution in [-0.2, 0) is 6.18 Å². The lowest BCUT2D eigenvalue weighted by molar-refractivity contribution is -0.140. The van der Waals surface area contributed by atoms with Crippen LogP contribution in [0.1, 0.15) is 11.3 Å². The third-order valence-corrected chi connectivity index (χ3v) is 2.44. The van der Waals surface area contributed by atoms with E-state index in [9.17, 15) is 13.2 Å². The molecule has 0 aliphatic heterocycles. The van der Waals surface area contributed by atoms with Crippen molar-refractivity contribution in [1.82, 2.24) is 4.98 Å². The molecule has 1 aromatic heterocycles.